The van der Waals surface area contributed by atoms with Gasteiger partial charge in [0, 0.05) is 10.2 Å². The number of halogens is 1. The molecule has 0 radical (unpaired) electrons. The van der Waals surface area contributed by atoms with Crippen LogP contribution in [0, 0.1) is 20.8 Å². The molecule has 5 nitrogen and oxygen atoms in total. The minimum atomic E-state index is -3.59. The Balaban J connectivity index is 2.23. The maximum atomic E-state index is 12.4. The van der Waals surface area contributed by atoms with Crippen LogP contribution >= 0.6 is 15.9 Å². The van der Waals surface area contributed by atoms with E-state index in [1.807, 2.05) is 32.9 Å². The average Bonchev–Trinajstić information content (AvgIpc) is 2.50. The molecule has 2 aromatic carbocycles. The van der Waals surface area contributed by atoms with Gasteiger partial charge in [-0.2, -0.15) is 0 Å². The standard InChI is InChI=1S/C18H21BrN2O3S/c1-12-5-6-15(9-13(12)2)20-18(22)11-21(25(4,23)24)16-7-8-17(19)14(3)10-16/h5-10H,11H2,1-4H3,(H,20,22). The Kier molecular flexibility index (Phi) is 5.90. The summed E-state index contributed by atoms with van der Waals surface area (Å²) in [5, 5.41) is 2.75. The van der Waals surface area contributed by atoms with E-state index in [9.17, 15) is 13.2 Å². The topological polar surface area (TPSA) is 66.5 Å². The Hall–Kier alpha value is -1.86. The molecule has 7 heteroatoms. The van der Waals surface area contributed by atoms with Crippen molar-refractivity contribution in [2.75, 3.05) is 22.4 Å². The molecule has 0 atom stereocenters. The Morgan fingerprint density at radius 3 is 2.28 bits per heavy atom. The van der Waals surface area contributed by atoms with Crippen molar-refractivity contribution >= 4 is 43.2 Å². The van der Waals surface area contributed by atoms with Crippen LogP contribution in [0.2, 0.25) is 0 Å². The van der Waals surface area contributed by atoms with Crippen molar-refractivity contribution in [3.63, 3.8) is 0 Å². The fraction of sp³-hybridized carbons (Fsp3) is 0.278. The van der Waals surface area contributed by atoms with Gasteiger partial charge in [0.1, 0.15) is 6.54 Å². The third-order valence-corrected chi connectivity index (χ3v) is 5.94. The van der Waals surface area contributed by atoms with E-state index in [1.165, 1.54) is 0 Å². The largest absolute Gasteiger partial charge is 0.325 e. The Labute approximate surface area is 157 Å². The summed E-state index contributed by atoms with van der Waals surface area (Å²) in [6.45, 7) is 5.52. The van der Waals surface area contributed by atoms with E-state index in [0.29, 0.717) is 11.4 Å². The number of aryl methyl sites for hydroxylation is 3. The first-order chi connectivity index (χ1) is 11.6. The van der Waals surface area contributed by atoms with Gasteiger partial charge in [0.05, 0.1) is 11.9 Å². The van der Waals surface area contributed by atoms with E-state index >= 15 is 0 Å². The van der Waals surface area contributed by atoms with Gasteiger partial charge in [-0.3, -0.25) is 9.10 Å². The highest BCUT2D eigenvalue weighted by molar-refractivity contribution is 9.10. The second kappa shape index (κ2) is 7.58. The fourth-order valence-corrected chi connectivity index (χ4v) is 3.43. The molecule has 1 N–H and O–H groups in total. The van der Waals surface area contributed by atoms with Crippen molar-refractivity contribution < 1.29 is 13.2 Å². The van der Waals surface area contributed by atoms with Crippen LogP contribution in [0.4, 0.5) is 11.4 Å². The number of amides is 1. The zero-order valence-electron chi connectivity index (χ0n) is 14.6. The van der Waals surface area contributed by atoms with Crippen molar-refractivity contribution in [2.24, 2.45) is 0 Å². The van der Waals surface area contributed by atoms with Gasteiger partial charge in [-0.05, 0) is 67.8 Å². The summed E-state index contributed by atoms with van der Waals surface area (Å²) in [5.41, 5.74) is 4.18. The molecule has 0 aliphatic carbocycles. The normalized spacial score (nSPS) is 11.2. The lowest BCUT2D eigenvalue weighted by molar-refractivity contribution is -0.114. The Morgan fingerprint density at radius 1 is 1.04 bits per heavy atom. The van der Waals surface area contributed by atoms with Crippen molar-refractivity contribution in [2.45, 2.75) is 20.8 Å². The minimum absolute atomic E-state index is 0.285. The maximum absolute atomic E-state index is 12.4. The van der Waals surface area contributed by atoms with E-state index in [4.69, 9.17) is 0 Å². The predicted molar refractivity (Wildman–Crippen MR) is 106 cm³/mol. The molecular weight excluding hydrogens is 404 g/mol. The van der Waals surface area contributed by atoms with Gasteiger partial charge in [-0.25, -0.2) is 8.42 Å². The number of benzene rings is 2. The number of anilines is 2. The van der Waals surface area contributed by atoms with Crippen LogP contribution in [-0.2, 0) is 14.8 Å². The second-order valence-electron chi connectivity index (χ2n) is 6.05. The third kappa shape index (κ3) is 5.06. The molecule has 0 saturated heterocycles. The van der Waals surface area contributed by atoms with E-state index in [2.05, 4.69) is 21.2 Å². The fourth-order valence-electron chi connectivity index (χ4n) is 2.33. The molecule has 134 valence electrons. The van der Waals surface area contributed by atoms with Gasteiger partial charge in [-0.15, -0.1) is 0 Å². The second-order valence-corrected chi connectivity index (χ2v) is 8.81. The monoisotopic (exact) mass is 424 g/mol. The number of nitrogens with one attached hydrogen (secondary N) is 1. The van der Waals surface area contributed by atoms with Crippen LogP contribution in [0.15, 0.2) is 40.9 Å². The molecule has 0 aliphatic rings. The molecule has 0 saturated carbocycles. The smallest absolute Gasteiger partial charge is 0.245 e. The molecule has 0 fully saturated rings. The number of rotatable bonds is 5. The SMILES string of the molecule is Cc1ccc(NC(=O)CN(c2ccc(Br)c(C)c2)S(C)(=O)=O)cc1C. The molecule has 0 spiro atoms. The van der Waals surface area contributed by atoms with Crippen molar-refractivity contribution in [1.29, 1.82) is 0 Å². The lowest BCUT2D eigenvalue weighted by Crippen LogP contribution is -2.37. The lowest BCUT2D eigenvalue weighted by Gasteiger charge is -2.22. The summed E-state index contributed by atoms with van der Waals surface area (Å²) < 4.78 is 26.3. The number of carbonyl (C=O) groups excluding carboxylic acids is 1. The molecule has 2 rings (SSSR count). The van der Waals surface area contributed by atoms with E-state index in [1.54, 1.807) is 24.3 Å². The number of hydrogen-bond donors (Lipinski definition) is 1. The summed E-state index contributed by atoms with van der Waals surface area (Å²) >= 11 is 3.39. The van der Waals surface area contributed by atoms with E-state index in [-0.39, 0.29) is 6.54 Å². The third-order valence-electron chi connectivity index (χ3n) is 3.91. The van der Waals surface area contributed by atoms with Crippen molar-refractivity contribution in [3.05, 3.63) is 57.6 Å². The average molecular weight is 425 g/mol. The van der Waals surface area contributed by atoms with Crippen LogP contribution in [-0.4, -0.2) is 27.1 Å². The maximum Gasteiger partial charge on any atom is 0.245 e. The van der Waals surface area contributed by atoms with Crippen LogP contribution in [0.25, 0.3) is 0 Å². The van der Waals surface area contributed by atoms with Crippen LogP contribution < -0.4 is 9.62 Å². The molecule has 0 unspecified atom stereocenters. The first-order valence-electron chi connectivity index (χ1n) is 7.69. The van der Waals surface area contributed by atoms with Crippen molar-refractivity contribution in [1.82, 2.24) is 0 Å². The number of carbonyl (C=O) groups is 1. The summed E-state index contributed by atoms with van der Waals surface area (Å²) in [6, 6.07) is 10.7. The first kappa shape index (κ1) is 19.5. The molecule has 25 heavy (non-hydrogen) atoms. The predicted octanol–water partition coefficient (Wildman–Crippen LogP) is 3.78. The van der Waals surface area contributed by atoms with Gasteiger partial charge in [0.2, 0.25) is 15.9 Å². The van der Waals surface area contributed by atoms with Gasteiger partial charge in [0.15, 0.2) is 0 Å². The highest BCUT2D eigenvalue weighted by atomic mass is 79.9. The Bertz CT molecular complexity index is 911. The summed E-state index contributed by atoms with van der Waals surface area (Å²) in [6.07, 6.45) is 1.09. The summed E-state index contributed by atoms with van der Waals surface area (Å²) in [5.74, 6) is -0.394. The van der Waals surface area contributed by atoms with Gasteiger partial charge in [-0.1, -0.05) is 22.0 Å². The molecular formula is C18H21BrN2O3S. The van der Waals surface area contributed by atoms with E-state index in [0.717, 1.165) is 31.7 Å². The van der Waals surface area contributed by atoms with Gasteiger partial charge >= 0.3 is 0 Å². The van der Waals surface area contributed by atoms with Crippen molar-refractivity contribution in [3.8, 4) is 0 Å². The number of sulfonamides is 1. The minimum Gasteiger partial charge on any atom is -0.325 e. The van der Waals surface area contributed by atoms with Crippen LogP contribution in [0.1, 0.15) is 16.7 Å². The summed E-state index contributed by atoms with van der Waals surface area (Å²) in [7, 11) is -3.59. The molecule has 0 bridgehead atoms. The number of nitrogens with zero attached hydrogens (tertiary/aromatic N) is 1. The zero-order chi connectivity index (χ0) is 18.8. The molecule has 0 aliphatic heterocycles. The van der Waals surface area contributed by atoms with Crippen LogP contribution in [0.5, 0.6) is 0 Å². The highest BCUT2D eigenvalue weighted by Gasteiger charge is 2.21. The highest BCUT2D eigenvalue weighted by Crippen LogP contribution is 2.24. The first-order valence-corrected chi connectivity index (χ1v) is 10.3. The quantitative estimate of drug-likeness (QED) is 0.793. The number of hydrogen-bond acceptors (Lipinski definition) is 3. The molecule has 0 heterocycles. The zero-order valence-corrected chi connectivity index (χ0v) is 17.0. The van der Waals surface area contributed by atoms with E-state index < -0.39 is 15.9 Å². The molecule has 2 aromatic rings. The van der Waals surface area contributed by atoms with Crippen LogP contribution in [0.3, 0.4) is 0 Å². The summed E-state index contributed by atoms with van der Waals surface area (Å²) in [4.78, 5) is 12.4. The lowest BCUT2D eigenvalue weighted by atomic mass is 10.1. The molecule has 0 aromatic heterocycles. The van der Waals surface area contributed by atoms with Gasteiger partial charge in [0.25, 0.3) is 0 Å². The van der Waals surface area contributed by atoms with Gasteiger partial charge < -0.3 is 5.32 Å². The molecule has 1 amide bonds. The Morgan fingerprint density at radius 2 is 1.72 bits per heavy atom.